The summed E-state index contributed by atoms with van der Waals surface area (Å²) in [5.41, 5.74) is 4.05. The van der Waals surface area contributed by atoms with Crippen LogP contribution in [-0.2, 0) is 4.79 Å². The van der Waals surface area contributed by atoms with Crippen molar-refractivity contribution >= 4 is 35.1 Å². The third-order valence-electron chi connectivity index (χ3n) is 4.34. The van der Waals surface area contributed by atoms with E-state index in [1.165, 1.54) is 0 Å². The predicted octanol–water partition coefficient (Wildman–Crippen LogP) is 5.48. The zero-order valence-electron chi connectivity index (χ0n) is 14.8. The second kappa shape index (κ2) is 7.22. The highest BCUT2D eigenvalue weighted by Crippen LogP contribution is 2.28. The van der Waals surface area contributed by atoms with Crippen LogP contribution >= 0.6 is 11.6 Å². The first-order valence-corrected chi connectivity index (χ1v) is 9.02. The van der Waals surface area contributed by atoms with E-state index in [1.807, 2.05) is 79.7 Å². The van der Waals surface area contributed by atoms with E-state index in [-0.39, 0.29) is 5.91 Å². The highest BCUT2D eigenvalue weighted by Gasteiger charge is 2.32. The van der Waals surface area contributed by atoms with Gasteiger partial charge in [0.15, 0.2) is 0 Å². The molecule has 1 aliphatic rings. The fourth-order valence-electron chi connectivity index (χ4n) is 2.99. The normalized spacial score (nSPS) is 15.3. The summed E-state index contributed by atoms with van der Waals surface area (Å²) in [4.78, 5) is 19.5. The van der Waals surface area contributed by atoms with Gasteiger partial charge in [-0.05, 0) is 42.8 Å². The van der Waals surface area contributed by atoms with Crippen molar-refractivity contribution in [3.63, 3.8) is 0 Å². The van der Waals surface area contributed by atoms with Crippen molar-refractivity contribution in [3.05, 3.63) is 106 Å². The van der Waals surface area contributed by atoms with Crippen molar-refractivity contribution in [2.75, 3.05) is 4.90 Å². The number of anilines is 1. The van der Waals surface area contributed by atoms with Gasteiger partial charge in [0.2, 0.25) is 0 Å². The minimum absolute atomic E-state index is 0.155. The number of benzene rings is 3. The second-order valence-electron chi connectivity index (χ2n) is 6.36. The molecule has 0 unspecified atom stereocenters. The topological polar surface area (TPSA) is 32.7 Å². The van der Waals surface area contributed by atoms with E-state index < -0.39 is 0 Å². The Hall–Kier alpha value is -3.17. The van der Waals surface area contributed by atoms with E-state index in [9.17, 15) is 4.79 Å². The Morgan fingerprint density at radius 2 is 1.67 bits per heavy atom. The molecule has 4 rings (SSSR count). The summed E-state index contributed by atoms with van der Waals surface area (Å²) in [6.07, 6.45) is 1.77. The maximum Gasteiger partial charge on any atom is 0.282 e. The molecule has 132 valence electrons. The molecule has 1 amide bonds. The Morgan fingerprint density at radius 1 is 0.926 bits per heavy atom. The molecule has 27 heavy (non-hydrogen) atoms. The Bertz CT molecular complexity index is 1050. The predicted molar refractivity (Wildman–Crippen MR) is 111 cm³/mol. The van der Waals surface area contributed by atoms with Crippen LogP contribution in [0.15, 0.2) is 89.6 Å². The lowest BCUT2D eigenvalue weighted by molar-refractivity contribution is -0.113. The minimum atomic E-state index is -0.155. The quantitative estimate of drug-likeness (QED) is 0.560. The summed E-state index contributed by atoms with van der Waals surface area (Å²) >= 11 is 6.07. The zero-order chi connectivity index (χ0) is 18.8. The molecule has 0 fully saturated rings. The smallest absolute Gasteiger partial charge is 0.266 e. The molecule has 0 saturated heterocycles. The molecule has 3 nitrogen and oxygen atoms in total. The molecule has 4 heteroatoms. The number of rotatable bonds is 3. The highest BCUT2D eigenvalue weighted by atomic mass is 35.5. The molecular formula is C23H17ClN2O. The van der Waals surface area contributed by atoms with Crippen LogP contribution in [0, 0.1) is 6.92 Å². The van der Waals surface area contributed by atoms with Gasteiger partial charge in [0.05, 0.1) is 5.69 Å². The van der Waals surface area contributed by atoms with Crippen LogP contribution < -0.4 is 4.90 Å². The number of aliphatic imine (C=N–C) groups is 1. The van der Waals surface area contributed by atoms with Crippen molar-refractivity contribution in [1.82, 2.24) is 0 Å². The lowest BCUT2D eigenvalue weighted by atomic mass is 10.1. The van der Waals surface area contributed by atoms with Gasteiger partial charge < -0.3 is 0 Å². The van der Waals surface area contributed by atoms with E-state index in [0.717, 1.165) is 22.4 Å². The van der Waals surface area contributed by atoms with E-state index in [1.54, 1.807) is 17.0 Å². The van der Waals surface area contributed by atoms with Crippen molar-refractivity contribution in [2.24, 2.45) is 4.99 Å². The summed E-state index contributed by atoms with van der Waals surface area (Å²) in [6, 6.07) is 25.0. The monoisotopic (exact) mass is 372 g/mol. The zero-order valence-corrected chi connectivity index (χ0v) is 15.5. The molecule has 0 atom stereocenters. The van der Waals surface area contributed by atoms with E-state index in [0.29, 0.717) is 16.6 Å². The molecular weight excluding hydrogens is 356 g/mol. The van der Waals surface area contributed by atoms with E-state index >= 15 is 0 Å². The lowest BCUT2D eigenvalue weighted by Crippen LogP contribution is -2.32. The first-order valence-electron chi connectivity index (χ1n) is 8.64. The van der Waals surface area contributed by atoms with Gasteiger partial charge in [0.25, 0.3) is 5.91 Å². The average Bonchev–Trinajstić information content (AvgIpc) is 3.00. The van der Waals surface area contributed by atoms with Gasteiger partial charge in [-0.1, -0.05) is 71.8 Å². The minimum Gasteiger partial charge on any atom is -0.266 e. The molecule has 0 N–H and O–H groups in total. The third kappa shape index (κ3) is 3.55. The number of halogens is 1. The number of hydrogen-bond acceptors (Lipinski definition) is 2. The van der Waals surface area contributed by atoms with Crippen molar-refractivity contribution in [3.8, 4) is 0 Å². The van der Waals surface area contributed by atoms with Gasteiger partial charge in [-0.25, -0.2) is 4.99 Å². The standard InChI is InChI=1S/C23H17ClN2O/c1-16-10-12-20(13-11-16)26-22(18-7-3-2-4-8-18)25-21(23(26)27)15-17-6-5-9-19(24)14-17/h2-15H,1H3/b21-15+. The van der Waals surface area contributed by atoms with Crippen LogP contribution in [0.4, 0.5) is 5.69 Å². The SMILES string of the molecule is Cc1ccc(N2C(=O)/C(=C\c3cccc(Cl)c3)N=C2c2ccccc2)cc1. The van der Waals surface area contributed by atoms with Gasteiger partial charge in [-0.2, -0.15) is 0 Å². The number of hydrogen-bond donors (Lipinski definition) is 0. The number of nitrogens with zero attached hydrogens (tertiary/aromatic N) is 2. The molecule has 0 bridgehead atoms. The van der Waals surface area contributed by atoms with Crippen LogP contribution in [0.3, 0.4) is 0 Å². The maximum atomic E-state index is 13.2. The van der Waals surface area contributed by atoms with Crippen molar-refractivity contribution in [2.45, 2.75) is 6.92 Å². The number of amides is 1. The van der Waals surface area contributed by atoms with Gasteiger partial charge in [-0.15, -0.1) is 0 Å². The number of aryl methyl sites for hydroxylation is 1. The fraction of sp³-hybridized carbons (Fsp3) is 0.0435. The Kier molecular flexibility index (Phi) is 4.61. The Morgan fingerprint density at radius 3 is 2.37 bits per heavy atom. The molecule has 0 saturated carbocycles. The highest BCUT2D eigenvalue weighted by molar-refractivity contribution is 6.33. The van der Waals surface area contributed by atoms with Crippen LogP contribution in [0.2, 0.25) is 5.02 Å². The number of amidine groups is 1. The molecule has 0 radical (unpaired) electrons. The van der Waals surface area contributed by atoms with E-state index in [2.05, 4.69) is 4.99 Å². The van der Waals surface area contributed by atoms with Crippen molar-refractivity contribution in [1.29, 1.82) is 0 Å². The Labute approximate surface area is 163 Å². The van der Waals surface area contributed by atoms with Crippen LogP contribution in [-0.4, -0.2) is 11.7 Å². The Balaban J connectivity index is 1.82. The number of carbonyl (C=O) groups excluding carboxylic acids is 1. The largest absolute Gasteiger partial charge is 0.282 e. The van der Waals surface area contributed by atoms with Gasteiger partial charge in [0, 0.05) is 10.6 Å². The van der Waals surface area contributed by atoms with Crippen LogP contribution in [0.1, 0.15) is 16.7 Å². The summed E-state index contributed by atoms with van der Waals surface area (Å²) in [7, 11) is 0. The van der Waals surface area contributed by atoms with Gasteiger partial charge >= 0.3 is 0 Å². The van der Waals surface area contributed by atoms with Crippen molar-refractivity contribution < 1.29 is 4.79 Å². The first kappa shape index (κ1) is 17.3. The second-order valence-corrected chi connectivity index (χ2v) is 6.80. The van der Waals surface area contributed by atoms with Crippen LogP contribution in [0.25, 0.3) is 6.08 Å². The summed E-state index contributed by atoms with van der Waals surface area (Å²) in [6.45, 7) is 2.02. The lowest BCUT2D eigenvalue weighted by Gasteiger charge is -2.18. The maximum absolute atomic E-state index is 13.2. The molecule has 3 aromatic rings. The van der Waals surface area contributed by atoms with Crippen LogP contribution in [0.5, 0.6) is 0 Å². The van der Waals surface area contributed by atoms with Gasteiger partial charge in [-0.3, -0.25) is 9.69 Å². The third-order valence-corrected chi connectivity index (χ3v) is 4.57. The first-order chi connectivity index (χ1) is 13.1. The molecule has 1 aliphatic heterocycles. The molecule has 0 aliphatic carbocycles. The molecule has 0 spiro atoms. The fourth-order valence-corrected chi connectivity index (χ4v) is 3.18. The average molecular weight is 373 g/mol. The summed E-state index contributed by atoms with van der Waals surface area (Å²) < 4.78 is 0. The summed E-state index contributed by atoms with van der Waals surface area (Å²) in [5, 5.41) is 0.623. The molecule has 0 aromatic heterocycles. The van der Waals surface area contributed by atoms with Gasteiger partial charge in [0.1, 0.15) is 11.5 Å². The molecule has 3 aromatic carbocycles. The number of carbonyl (C=O) groups is 1. The summed E-state index contributed by atoms with van der Waals surface area (Å²) in [5.74, 6) is 0.468. The molecule has 1 heterocycles. The van der Waals surface area contributed by atoms with E-state index in [4.69, 9.17) is 11.6 Å².